The molecule has 1 fully saturated rings. The molecular formula is C15H21ClN2O. The number of halogens is 1. The molecule has 1 aromatic carbocycles. The maximum Gasteiger partial charge on any atom is 0.254 e. The first kappa shape index (κ1) is 14.4. The zero-order chi connectivity index (χ0) is 14.0. The lowest BCUT2D eigenvalue weighted by atomic mass is 9.97. The van der Waals surface area contributed by atoms with Crippen molar-refractivity contribution >= 4 is 17.5 Å². The summed E-state index contributed by atoms with van der Waals surface area (Å²) in [5.41, 5.74) is 0.673. The summed E-state index contributed by atoms with van der Waals surface area (Å²) in [7, 11) is 0. The van der Waals surface area contributed by atoms with Crippen LogP contribution in [0.2, 0.25) is 5.02 Å². The minimum Gasteiger partial charge on any atom is -0.333 e. The quantitative estimate of drug-likeness (QED) is 0.903. The minimum absolute atomic E-state index is 0.0783. The lowest BCUT2D eigenvalue weighted by Crippen LogP contribution is -2.59. The van der Waals surface area contributed by atoms with E-state index < -0.39 is 0 Å². The third-order valence-electron chi connectivity index (χ3n) is 3.65. The third kappa shape index (κ3) is 3.28. The summed E-state index contributed by atoms with van der Waals surface area (Å²) >= 11 is 5.97. The van der Waals surface area contributed by atoms with Gasteiger partial charge in [0, 0.05) is 35.8 Å². The van der Waals surface area contributed by atoms with Crippen LogP contribution in [0.1, 0.15) is 31.1 Å². The second-order valence-corrected chi connectivity index (χ2v) is 6.02. The van der Waals surface area contributed by atoms with Gasteiger partial charge >= 0.3 is 0 Å². The first-order valence-electron chi connectivity index (χ1n) is 6.79. The fourth-order valence-electron chi connectivity index (χ4n) is 2.54. The smallest absolute Gasteiger partial charge is 0.254 e. The molecule has 1 aromatic rings. The van der Waals surface area contributed by atoms with Crippen LogP contribution in [-0.4, -0.2) is 36.0 Å². The molecule has 1 aliphatic rings. The maximum atomic E-state index is 12.7. The molecule has 3 nitrogen and oxygen atoms in total. The molecule has 0 spiro atoms. The molecule has 1 heterocycles. The van der Waals surface area contributed by atoms with E-state index in [9.17, 15) is 4.79 Å². The van der Waals surface area contributed by atoms with Crippen LogP contribution in [0.25, 0.3) is 0 Å². The number of nitrogens with zero attached hydrogens (tertiary/aromatic N) is 1. The second kappa shape index (κ2) is 5.93. The van der Waals surface area contributed by atoms with Gasteiger partial charge in [0.2, 0.25) is 0 Å². The molecule has 1 saturated heterocycles. The van der Waals surface area contributed by atoms with Gasteiger partial charge in [0.15, 0.2) is 0 Å². The predicted molar refractivity (Wildman–Crippen MR) is 78.6 cm³/mol. The molecular weight excluding hydrogens is 260 g/mol. The molecule has 0 saturated carbocycles. The number of carbonyl (C=O) groups is 1. The molecule has 104 valence electrons. The molecule has 2 atom stereocenters. The van der Waals surface area contributed by atoms with Crippen molar-refractivity contribution in [1.29, 1.82) is 0 Å². The van der Waals surface area contributed by atoms with Gasteiger partial charge in [-0.2, -0.15) is 0 Å². The fourth-order valence-corrected chi connectivity index (χ4v) is 2.73. The zero-order valence-corrected chi connectivity index (χ0v) is 12.4. The minimum atomic E-state index is 0.0783. The van der Waals surface area contributed by atoms with Crippen LogP contribution in [0.5, 0.6) is 0 Å². The Labute approximate surface area is 119 Å². The molecule has 1 N–H and O–H groups in total. The Morgan fingerprint density at radius 1 is 1.47 bits per heavy atom. The van der Waals surface area contributed by atoms with Crippen LogP contribution in [0, 0.1) is 5.92 Å². The average Bonchev–Trinajstić information content (AvgIpc) is 2.37. The maximum absolute atomic E-state index is 12.7. The van der Waals surface area contributed by atoms with E-state index in [0.717, 1.165) is 13.1 Å². The van der Waals surface area contributed by atoms with E-state index in [2.05, 4.69) is 26.1 Å². The van der Waals surface area contributed by atoms with Crippen molar-refractivity contribution in [1.82, 2.24) is 10.2 Å². The molecule has 0 radical (unpaired) electrons. The summed E-state index contributed by atoms with van der Waals surface area (Å²) in [5.74, 6) is 0.512. The number of carbonyl (C=O) groups excluding carboxylic acids is 1. The highest BCUT2D eigenvalue weighted by Gasteiger charge is 2.31. The molecule has 2 rings (SSSR count). The molecule has 19 heavy (non-hydrogen) atoms. The van der Waals surface area contributed by atoms with Crippen molar-refractivity contribution in [2.75, 3.05) is 13.1 Å². The Hall–Kier alpha value is -1.06. The van der Waals surface area contributed by atoms with Crippen molar-refractivity contribution in [3.8, 4) is 0 Å². The van der Waals surface area contributed by atoms with Gasteiger partial charge in [0.05, 0.1) is 0 Å². The largest absolute Gasteiger partial charge is 0.333 e. The predicted octanol–water partition coefficient (Wildman–Crippen LogP) is 2.80. The monoisotopic (exact) mass is 280 g/mol. The van der Waals surface area contributed by atoms with Crippen LogP contribution in [-0.2, 0) is 0 Å². The first-order valence-corrected chi connectivity index (χ1v) is 7.16. The fraction of sp³-hybridized carbons (Fsp3) is 0.533. The number of hydrogen-bond acceptors (Lipinski definition) is 2. The normalized spacial score (nSPS) is 23.7. The number of benzene rings is 1. The summed E-state index contributed by atoms with van der Waals surface area (Å²) in [6.45, 7) is 8.01. The standard InChI is InChI=1S/C15H21ClN2O/c1-10(2)14-8-17-11(3)9-18(14)15(19)12-5-4-6-13(16)7-12/h4-7,10-11,14,17H,8-9H2,1-3H3. The van der Waals surface area contributed by atoms with Crippen molar-refractivity contribution < 1.29 is 4.79 Å². The Morgan fingerprint density at radius 3 is 2.84 bits per heavy atom. The van der Waals surface area contributed by atoms with Gasteiger partial charge in [0.1, 0.15) is 0 Å². The van der Waals surface area contributed by atoms with Gasteiger partial charge in [0.25, 0.3) is 5.91 Å². The summed E-state index contributed by atoms with van der Waals surface area (Å²) in [6, 6.07) is 7.76. The summed E-state index contributed by atoms with van der Waals surface area (Å²) in [4.78, 5) is 14.6. The van der Waals surface area contributed by atoms with Crippen LogP contribution in [0.3, 0.4) is 0 Å². The molecule has 4 heteroatoms. The van der Waals surface area contributed by atoms with Crippen LogP contribution in [0.15, 0.2) is 24.3 Å². The Kier molecular flexibility index (Phi) is 4.48. The summed E-state index contributed by atoms with van der Waals surface area (Å²) in [5, 5.41) is 4.05. The number of nitrogens with one attached hydrogen (secondary N) is 1. The van der Waals surface area contributed by atoms with E-state index >= 15 is 0 Å². The topological polar surface area (TPSA) is 32.3 Å². The first-order chi connectivity index (χ1) is 8.99. The molecule has 1 amide bonds. The second-order valence-electron chi connectivity index (χ2n) is 5.59. The van der Waals surface area contributed by atoms with E-state index in [1.807, 2.05) is 17.0 Å². The Balaban J connectivity index is 2.23. The van der Waals surface area contributed by atoms with Gasteiger partial charge in [-0.3, -0.25) is 4.79 Å². The zero-order valence-electron chi connectivity index (χ0n) is 11.7. The van der Waals surface area contributed by atoms with Gasteiger partial charge in [-0.15, -0.1) is 0 Å². The van der Waals surface area contributed by atoms with Crippen LogP contribution >= 0.6 is 11.6 Å². The van der Waals surface area contributed by atoms with Crippen molar-refractivity contribution in [3.05, 3.63) is 34.9 Å². The number of piperazine rings is 1. The lowest BCUT2D eigenvalue weighted by molar-refractivity contribution is 0.0522. The highest BCUT2D eigenvalue weighted by molar-refractivity contribution is 6.30. The van der Waals surface area contributed by atoms with Crippen LogP contribution < -0.4 is 5.32 Å². The van der Waals surface area contributed by atoms with Gasteiger partial charge in [-0.1, -0.05) is 31.5 Å². The highest BCUT2D eigenvalue weighted by atomic mass is 35.5. The summed E-state index contributed by atoms with van der Waals surface area (Å²) in [6.07, 6.45) is 0. The Bertz CT molecular complexity index is 461. The number of rotatable bonds is 2. The molecule has 0 aromatic heterocycles. The Morgan fingerprint density at radius 2 is 2.21 bits per heavy atom. The average molecular weight is 281 g/mol. The third-order valence-corrected chi connectivity index (χ3v) is 3.88. The van der Waals surface area contributed by atoms with Crippen LogP contribution in [0.4, 0.5) is 0 Å². The molecule has 2 unspecified atom stereocenters. The van der Waals surface area contributed by atoms with E-state index in [1.54, 1.807) is 12.1 Å². The number of hydrogen-bond donors (Lipinski definition) is 1. The number of amides is 1. The SMILES string of the molecule is CC1CN(C(=O)c2cccc(Cl)c2)C(C(C)C)CN1. The lowest BCUT2D eigenvalue weighted by Gasteiger charge is -2.41. The van der Waals surface area contributed by atoms with Gasteiger partial charge in [-0.05, 0) is 31.0 Å². The van der Waals surface area contributed by atoms with E-state index in [1.165, 1.54) is 0 Å². The van der Waals surface area contributed by atoms with E-state index in [0.29, 0.717) is 22.5 Å². The molecule has 0 bridgehead atoms. The van der Waals surface area contributed by atoms with Gasteiger partial charge < -0.3 is 10.2 Å². The van der Waals surface area contributed by atoms with E-state index in [4.69, 9.17) is 11.6 Å². The van der Waals surface area contributed by atoms with Crippen molar-refractivity contribution in [2.24, 2.45) is 5.92 Å². The van der Waals surface area contributed by atoms with Gasteiger partial charge in [-0.25, -0.2) is 0 Å². The summed E-state index contributed by atoms with van der Waals surface area (Å²) < 4.78 is 0. The highest BCUT2D eigenvalue weighted by Crippen LogP contribution is 2.20. The molecule has 1 aliphatic heterocycles. The van der Waals surface area contributed by atoms with Crippen molar-refractivity contribution in [3.63, 3.8) is 0 Å². The molecule has 0 aliphatic carbocycles. The van der Waals surface area contributed by atoms with Crippen molar-refractivity contribution in [2.45, 2.75) is 32.9 Å². The van der Waals surface area contributed by atoms with E-state index in [-0.39, 0.29) is 11.9 Å².